The molecule has 1 saturated heterocycles. The maximum atomic E-state index is 12.2. The van der Waals surface area contributed by atoms with Gasteiger partial charge in [-0.2, -0.15) is 5.10 Å². The number of nitro benzene ring substituents is 1. The lowest BCUT2D eigenvalue weighted by atomic mass is 10.1. The normalized spacial score (nSPS) is 20.0. The van der Waals surface area contributed by atoms with Gasteiger partial charge >= 0.3 is 0 Å². The van der Waals surface area contributed by atoms with E-state index in [9.17, 15) is 20.0 Å². The van der Waals surface area contributed by atoms with E-state index in [0.717, 1.165) is 0 Å². The van der Waals surface area contributed by atoms with Gasteiger partial charge in [0.1, 0.15) is 18.3 Å². The summed E-state index contributed by atoms with van der Waals surface area (Å²) in [5.74, 6) is -0.499. The first-order valence-electron chi connectivity index (χ1n) is 7.36. The highest BCUT2D eigenvalue weighted by molar-refractivity contribution is 5.95. The molecule has 24 heavy (non-hydrogen) atoms. The highest BCUT2D eigenvalue weighted by Crippen LogP contribution is 2.23. The molecule has 0 aliphatic carbocycles. The van der Waals surface area contributed by atoms with Crippen molar-refractivity contribution in [1.29, 1.82) is 0 Å². The van der Waals surface area contributed by atoms with Gasteiger partial charge in [0.15, 0.2) is 0 Å². The minimum atomic E-state index is -0.571. The van der Waals surface area contributed by atoms with E-state index < -0.39 is 16.9 Å². The Bertz CT molecular complexity index is 748. The summed E-state index contributed by atoms with van der Waals surface area (Å²) in [7, 11) is 0. The number of rotatable bonds is 5. The molecule has 1 aromatic heterocycles. The lowest BCUT2D eigenvalue weighted by molar-refractivity contribution is -0.384. The molecule has 3 N–H and O–H groups in total. The molecule has 10 heteroatoms. The largest absolute Gasteiger partial charge is 0.391 e. The second-order valence-electron chi connectivity index (χ2n) is 5.50. The minimum absolute atomic E-state index is 0.0710. The third-order valence-electron chi connectivity index (χ3n) is 3.93. The minimum Gasteiger partial charge on any atom is -0.391 e. The predicted molar refractivity (Wildman–Crippen MR) is 82.7 cm³/mol. The van der Waals surface area contributed by atoms with Crippen molar-refractivity contribution in [3.63, 3.8) is 0 Å². The fraction of sp³-hybridized carbons (Fsp3) is 0.357. The number of carbonyl (C=O) groups is 1. The Labute approximate surface area is 136 Å². The summed E-state index contributed by atoms with van der Waals surface area (Å²) in [4.78, 5) is 26.7. The summed E-state index contributed by atoms with van der Waals surface area (Å²) in [6, 6.07) is 4.14. The van der Waals surface area contributed by atoms with E-state index in [1.165, 1.54) is 35.5 Å². The number of aliphatic hydroxyl groups is 1. The number of hydrogen-bond donors (Lipinski definition) is 3. The zero-order valence-electron chi connectivity index (χ0n) is 12.6. The number of benzene rings is 1. The monoisotopic (exact) mass is 332 g/mol. The van der Waals surface area contributed by atoms with Crippen LogP contribution in [0.4, 0.5) is 5.69 Å². The van der Waals surface area contributed by atoms with Crippen LogP contribution in [0.25, 0.3) is 5.69 Å². The van der Waals surface area contributed by atoms with Gasteiger partial charge < -0.3 is 15.7 Å². The van der Waals surface area contributed by atoms with Crippen LogP contribution in [-0.4, -0.2) is 56.4 Å². The second kappa shape index (κ2) is 6.72. The average Bonchev–Trinajstić information content (AvgIpc) is 3.23. The van der Waals surface area contributed by atoms with Crippen LogP contribution >= 0.6 is 0 Å². The zero-order chi connectivity index (χ0) is 17.1. The Kier molecular flexibility index (Phi) is 4.49. The van der Waals surface area contributed by atoms with Crippen LogP contribution in [-0.2, 0) is 0 Å². The molecule has 1 amide bonds. The third kappa shape index (κ3) is 3.24. The van der Waals surface area contributed by atoms with E-state index in [1.807, 2.05) is 0 Å². The van der Waals surface area contributed by atoms with Gasteiger partial charge in [0, 0.05) is 37.2 Å². The molecule has 126 valence electrons. The summed E-state index contributed by atoms with van der Waals surface area (Å²) >= 11 is 0. The van der Waals surface area contributed by atoms with Crippen molar-refractivity contribution in [3.8, 4) is 5.69 Å². The van der Waals surface area contributed by atoms with Crippen molar-refractivity contribution in [2.24, 2.45) is 5.92 Å². The van der Waals surface area contributed by atoms with Crippen molar-refractivity contribution in [2.75, 3.05) is 19.6 Å². The van der Waals surface area contributed by atoms with Crippen molar-refractivity contribution < 1.29 is 14.8 Å². The predicted octanol–water partition coefficient (Wildman–Crippen LogP) is -0.514. The molecule has 1 fully saturated rings. The molecule has 1 aliphatic rings. The van der Waals surface area contributed by atoms with E-state index in [2.05, 4.69) is 20.7 Å². The number of nitrogens with zero attached hydrogens (tertiary/aromatic N) is 4. The highest BCUT2D eigenvalue weighted by atomic mass is 16.6. The topological polar surface area (TPSA) is 135 Å². The average molecular weight is 332 g/mol. The summed E-state index contributed by atoms with van der Waals surface area (Å²) in [6.07, 6.45) is 2.11. The van der Waals surface area contributed by atoms with E-state index in [-0.39, 0.29) is 22.9 Å². The molecule has 3 rings (SSSR count). The van der Waals surface area contributed by atoms with Crippen LogP contribution in [0, 0.1) is 16.0 Å². The van der Waals surface area contributed by atoms with Crippen LogP contribution in [0.5, 0.6) is 0 Å². The number of hydrogen-bond acceptors (Lipinski definition) is 7. The van der Waals surface area contributed by atoms with Crippen molar-refractivity contribution in [3.05, 3.63) is 46.5 Å². The highest BCUT2D eigenvalue weighted by Gasteiger charge is 2.26. The molecule has 0 spiro atoms. The fourth-order valence-electron chi connectivity index (χ4n) is 2.59. The van der Waals surface area contributed by atoms with Gasteiger partial charge in [-0.15, -0.1) is 0 Å². The summed E-state index contributed by atoms with van der Waals surface area (Å²) in [6.45, 7) is 1.41. The van der Waals surface area contributed by atoms with Gasteiger partial charge in [0.2, 0.25) is 0 Å². The number of aromatic nitrogens is 3. The first-order chi connectivity index (χ1) is 11.6. The first-order valence-corrected chi connectivity index (χ1v) is 7.36. The van der Waals surface area contributed by atoms with Crippen LogP contribution in [0.2, 0.25) is 0 Å². The smallest absolute Gasteiger partial charge is 0.295 e. The lowest BCUT2D eigenvalue weighted by Gasteiger charge is -2.14. The number of aliphatic hydroxyl groups excluding tert-OH is 1. The molecular weight excluding hydrogens is 316 g/mol. The molecule has 1 aliphatic heterocycles. The molecule has 0 saturated carbocycles. The van der Waals surface area contributed by atoms with Crippen LogP contribution in [0.1, 0.15) is 10.4 Å². The van der Waals surface area contributed by atoms with Crippen LogP contribution < -0.4 is 10.6 Å². The first kappa shape index (κ1) is 16.0. The van der Waals surface area contributed by atoms with E-state index >= 15 is 0 Å². The molecule has 10 nitrogen and oxygen atoms in total. The molecule has 2 heterocycles. The lowest BCUT2D eigenvalue weighted by Crippen LogP contribution is -2.34. The Hall–Kier alpha value is -2.85. The number of amides is 1. The quantitative estimate of drug-likeness (QED) is 0.495. The number of β-amino-alcohol motifs (C(OH)–C–C–N with tert-alkyl or cyclic N) is 1. The molecule has 1 aromatic carbocycles. The summed E-state index contributed by atoms with van der Waals surface area (Å²) in [5.41, 5.74) is 0.159. The molecule has 2 unspecified atom stereocenters. The zero-order valence-corrected chi connectivity index (χ0v) is 12.6. The Morgan fingerprint density at radius 3 is 2.96 bits per heavy atom. The summed E-state index contributed by atoms with van der Waals surface area (Å²) < 4.78 is 1.26. The van der Waals surface area contributed by atoms with Gasteiger partial charge in [-0.05, 0) is 12.1 Å². The molecule has 2 aromatic rings. The number of carbonyl (C=O) groups excluding carboxylic acids is 1. The van der Waals surface area contributed by atoms with Crippen molar-refractivity contribution >= 4 is 11.6 Å². The molecule has 2 atom stereocenters. The third-order valence-corrected chi connectivity index (χ3v) is 3.93. The second-order valence-corrected chi connectivity index (χ2v) is 5.50. The summed E-state index contributed by atoms with van der Waals surface area (Å²) in [5, 5.41) is 30.6. The molecule has 0 bridgehead atoms. The van der Waals surface area contributed by atoms with Gasteiger partial charge in [-0.1, -0.05) is 0 Å². The number of nitrogens with one attached hydrogen (secondary N) is 2. The maximum Gasteiger partial charge on any atom is 0.295 e. The van der Waals surface area contributed by atoms with Crippen molar-refractivity contribution in [2.45, 2.75) is 6.10 Å². The van der Waals surface area contributed by atoms with E-state index in [4.69, 9.17) is 0 Å². The Morgan fingerprint density at radius 1 is 1.50 bits per heavy atom. The maximum absolute atomic E-state index is 12.2. The van der Waals surface area contributed by atoms with Crippen molar-refractivity contribution in [1.82, 2.24) is 25.4 Å². The van der Waals surface area contributed by atoms with Gasteiger partial charge in [0.05, 0.1) is 11.0 Å². The number of nitro groups is 1. The Morgan fingerprint density at radius 2 is 2.33 bits per heavy atom. The van der Waals surface area contributed by atoms with Gasteiger partial charge in [-0.3, -0.25) is 14.9 Å². The standard InChI is InChI=1S/C14H16N6O4/c21-13-6-15-4-10(13)5-17-14(22)9-1-2-11(12(3-9)20(23)24)19-8-16-7-18-19/h1-3,7-8,10,13,15,21H,4-6H2,(H,17,22). The van der Waals surface area contributed by atoms with Crippen LogP contribution in [0.15, 0.2) is 30.9 Å². The van der Waals surface area contributed by atoms with Gasteiger partial charge in [-0.25, -0.2) is 9.67 Å². The molecule has 0 radical (unpaired) electrons. The van der Waals surface area contributed by atoms with Gasteiger partial charge in [0.25, 0.3) is 11.6 Å². The fourth-order valence-corrected chi connectivity index (χ4v) is 2.59. The SMILES string of the molecule is O=C(NCC1CNCC1O)c1ccc(-n2cncn2)c([N+](=O)[O-])c1. The Balaban J connectivity index is 1.77. The van der Waals surface area contributed by atoms with Crippen LogP contribution in [0.3, 0.4) is 0 Å². The van der Waals surface area contributed by atoms with E-state index in [1.54, 1.807) is 0 Å². The van der Waals surface area contributed by atoms with E-state index in [0.29, 0.717) is 19.6 Å². The molecular formula is C14H16N6O4.